The lowest BCUT2D eigenvalue weighted by molar-refractivity contribution is -0.119. The van der Waals surface area contributed by atoms with Gasteiger partial charge in [-0.3, -0.25) is 9.59 Å². The second-order valence-corrected chi connectivity index (χ2v) is 4.65. The maximum Gasteiger partial charge on any atom is 0.189 e. The third-order valence-electron chi connectivity index (χ3n) is 2.27. The van der Waals surface area contributed by atoms with Crippen LogP contribution < -0.4 is 0 Å². The normalized spacial score (nSPS) is 15.5. The number of carbonyl (C=O) groups excluding carboxylic acids is 2. The zero-order chi connectivity index (χ0) is 10.1. The van der Waals surface area contributed by atoms with Crippen molar-refractivity contribution < 1.29 is 9.59 Å². The van der Waals surface area contributed by atoms with E-state index in [0.717, 1.165) is 17.8 Å². The topological polar surface area (TPSA) is 47.0 Å². The van der Waals surface area contributed by atoms with E-state index in [0.29, 0.717) is 5.69 Å². The summed E-state index contributed by atoms with van der Waals surface area (Å²) < 4.78 is 0. The number of carbonyl (C=O) groups is 2. The molecule has 3 nitrogen and oxygen atoms in total. The number of aromatic nitrogens is 1. The van der Waals surface area contributed by atoms with Crippen LogP contribution in [0.5, 0.6) is 0 Å². The summed E-state index contributed by atoms with van der Waals surface area (Å²) in [5.41, 5.74) is 0.446. The smallest absolute Gasteiger partial charge is 0.189 e. The van der Waals surface area contributed by atoms with Crippen LogP contribution in [0.3, 0.4) is 0 Å². The molecule has 0 spiro atoms. The van der Waals surface area contributed by atoms with Crippen molar-refractivity contribution in [3.8, 4) is 0 Å². The molecule has 0 amide bonds. The standard InChI is InChI=1S/C10H11NO2S/c1-6-11-8(5-14-6)10(13)4-9(12)7-2-3-7/h5,7H,2-4H2,1H3. The Bertz CT molecular complexity index is 379. The molecule has 0 aromatic carbocycles. The van der Waals surface area contributed by atoms with Gasteiger partial charge in [0.15, 0.2) is 5.78 Å². The number of Topliss-reactive ketones (excluding diaryl/α,β-unsaturated/α-hetero) is 2. The van der Waals surface area contributed by atoms with Crippen LogP contribution >= 0.6 is 11.3 Å². The van der Waals surface area contributed by atoms with E-state index < -0.39 is 0 Å². The van der Waals surface area contributed by atoms with Crippen molar-refractivity contribution in [2.24, 2.45) is 5.92 Å². The van der Waals surface area contributed by atoms with E-state index in [4.69, 9.17) is 0 Å². The van der Waals surface area contributed by atoms with Crippen LogP contribution in [-0.4, -0.2) is 16.6 Å². The second-order valence-electron chi connectivity index (χ2n) is 3.59. The van der Waals surface area contributed by atoms with Gasteiger partial charge in [-0.05, 0) is 19.8 Å². The highest BCUT2D eigenvalue weighted by Gasteiger charge is 2.31. The molecular weight excluding hydrogens is 198 g/mol. The molecule has 0 saturated heterocycles. The largest absolute Gasteiger partial charge is 0.299 e. The summed E-state index contributed by atoms with van der Waals surface area (Å²) in [5, 5.41) is 2.59. The number of hydrogen-bond acceptors (Lipinski definition) is 4. The van der Waals surface area contributed by atoms with Crippen LogP contribution in [0.25, 0.3) is 0 Å². The summed E-state index contributed by atoms with van der Waals surface area (Å²) in [7, 11) is 0. The Morgan fingerprint density at radius 1 is 1.57 bits per heavy atom. The predicted molar refractivity (Wildman–Crippen MR) is 53.5 cm³/mol. The minimum atomic E-state index is -0.133. The van der Waals surface area contributed by atoms with Crippen LogP contribution in [0.1, 0.15) is 34.8 Å². The molecule has 0 radical (unpaired) electrons. The van der Waals surface area contributed by atoms with Gasteiger partial charge in [-0.15, -0.1) is 11.3 Å². The van der Waals surface area contributed by atoms with Crippen molar-refractivity contribution in [3.63, 3.8) is 0 Å². The number of rotatable bonds is 4. The Balaban J connectivity index is 1.98. The van der Waals surface area contributed by atoms with Gasteiger partial charge in [0, 0.05) is 11.3 Å². The summed E-state index contributed by atoms with van der Waals surface area (Å²) in [6, 6.07) is 0. The Morgan fingerprint density at radius 3 is 2.79 bits per heavy atom. The molecule has 0 unspecified atom stereocenters. The minimum Gasteiger partial charge on any atom is -0.299 e. The first kappa shape index (κ1) is 9.52. The first-order valence-electron chi connectivity index (χ1n) is 4.65. The molecular formula is C10H11NO2S. The fourth-order valence-electron chi connectivity index (χ4n) is 1.29. The maximum absolute atomic E-state index is 11.5. The van der Waals surface area contributed by atoms with Gasteiger partial charge < -0.3 is 0 Å². The van der Waals surface area contributed by atoms with Gasteiger partial charge in [-0.25, -0.2) is 4.98 Å². The van der Waals surface area contributed by atoms with E-state index in [1.807, 2.05) is 6.92 Å². The molecule has 1 heterocycles. The van der Waals surface area contributed by atoms with Crippen molar-refractivity contribution in [2.45, 2.75) is 26.2 Å². The Morgan fingerprint density at radius 2 is 2.29 bits per heavy atom. The molecule has 1 aliphatic carbocycles. The number of aryl methyl sites for hydroxylation is 1. The van der Waals surface area contributed by atoms with E-state index in [9.17, 15) is 9.59 Å². The van der Waals surface area contributed by atoms with Crippen molar-refractivity contribution in [3.05, 3.63) is 16.1 Å². The number of hydrogen-bond donors (Lipinski definition) is 0. The van der Waals surface area contributed by atoms with Crippen molar-refractivity contribution in [2.75, 3.05) is 0 Å². The van der Waals surface area contributed by atoms with Crippen molar-refractivity contribution in [1.82, 2.24) is 4.98 Å². The fourth-order valence-corrected chi connectivity index (χ4v) is 1.91. The zero-order valence-corrected chi connectivity index (χ0v) is 8.76. The van der Waals surface area contributed by atoms with Crippen LogP contribution in [0.4, 0.5) is 0 Å². The average Bonchev–Trinajstić information content (AvgIpc) is 2.89. The van der Waals surface area contributed by atoms with Gasteiger partial charge in [0.05, 0.1) is 11.4 Å². The first-order chi connectivity index (χ1) is 6.66. The van der Waals surface area contributed by atoms with Crippen LogP contribution in [-0.2, 0) is 4.79 Å². The fraction of sp³-hybridized carbons (Fsp3) is 0.500. The summed E-state index contributed by atoms with van der Waals surface area (Å²) in [6.45, 7) is 1.85. The molecule has 2 rings (SSSR count). The van der Waals surface area contributed by atoms with Crippen LogP contribution in [0, 0.1) is 12.8 Å². The Labute approximate surface area is 86.2 Å². The molecule has 0 aliphatic heterocycles. The quantitative estimate of drug-likeness (QED) is 0.563. The third-order valence-corrected chi connectivity index (χ3v) is 3.05. The van der Waals surface area contributed by atoms with E-state index >= 15 is 0 Å². The lowest BCUT2D eigenvalue weighted by Gasteiger charge is -1.94. The molecule has 14 heavy (non-hydrogen) atoms. The van der Waals surface area contributed by atoms with E-state index in [2.05, 4.69) is 4.98 Å². The van der Waals surface area contributed by atoms with Gasteiger partial charge >= 0.3 is 0 Å². The highest BCUT2D eigenvalue weighted by molar-refractivity contribution is 7.09. The van der Waals surface area contributed by atoms with Crippen molar-refractivity contribution in [1.29, 1.82) is 0 Å². The molecule has 0 atom stereocenters. The van der Waals surface area contributed by atoms with Crippen LogP contribution in [0.2, 0.25) is 0 Å². The van der Waals surface area contributed by atoms with Crippen LogP contribution in [0.15, 0.2) is 5.38 Å². The minimum absolute atomic E-state index is 0.0356. The van der Waals surface area contributed by atoms with Crippen molar-refractivity contribution >= 4 is 22.9 Å². The Kier molecular flexibility index (Phi) is 2.46. The molecule has 1 saturated carbocycles. The number of nitrogens with zero attached hydrogens (tertiary/aromatic N) is 1. The zero-order valence-electron chi connectivity index (χ0n) is 7.95. The molecule has 1 aromatic heterocycles. The first-order valence-corrected chi connectivity index (χ1v) is 5.53. The molecule has 0 N–H and O–H groups in total. The molecule has 1 aliphatic rings. The van der Waals surface area contributed by atoms with E-state index in [-0.39, 0.29) is 23.9 Å². The number of thiazole rings is 1. The monoisotopic (exact) mass is 209 g/mol. The lowest BCUT2D eigenvalue weighted by Crippen LogP contribution is -2.09. The number of ketones is 2. The maximum atomic E-state index is 11.5. The van der Waals surface area contributed by atoms with Gasteiger partial charge in [0.1, 0.15) is 11.5 Å². The highest BCUT2D eigenvalue weighted by Crippen LogP contribution is 2.31. The van der Waals surface area contributed by atoms with Gasteiger partial charge in [-0.1, -0.05) is 0 Å². The lowest BCUT2D eigenvalue weighted by atomic mass is 10.1. The highest BCUT2D eigenvalue weighted by atomic mass is 32.1. The Hall–Kier alpha value is -1.03. The van der Waals surface area contributed by atoms with Gasteiger partial charge in [-0.2, -0.15) is 0 Å². The molecule has 1 aromatic rings. The van der Waals surface area contributed by atoms with Gasteiger partial charge in [0.2, 0.25) is 0 Å². The summed E-state index contributed by atoms with van der Waals surface area (Å²) in [5.74, 6) is 0.116. The third kappa shape index (κ3) is 2.07. The predicted octanol–water partition coefficient (Wildman–Crippen LogP) is 2.00. The SMILES string of the molecule is Cc1nc(C(=O)CC(=O)C2CC2)cs1. The summed E-state index contributed by atoms with van der Waals surface area (Å²) in [4.78, 5) is 26.9. The van der Waals surface area contributed by atoms with Gasteiger partial charge in [0.25, 0.3) is 0 Å². The average molecular weight is 209 g/mol. The molecule has 74 valence electrons. The molecule has 0 bridgehead atoms. The summed E-state index contributed by atoms with van der Waals surface area (Å²) in [6.07, 6.45) is 1.96. The second kappa shape index (κ2) is 3.61. The van der Waals surface area contributed by atoms with E-state index in [1.165, 1.54) is 11.3 Å². The molecule has 1 fully saturated rings. The molecule has 4 heteroatoms. The van der Waals surface area contributed by atoms with E-state index in [1.54, 1.807) is 5.38 Å². The summed E-state index contributed by atoms with van der Waals surface area (Å²) >= 11 is 1.44.